The molecule has 2 saturated carbocycles. The molecule has 23 heavy (non-hydrogen) atoms. The number of fused-ring (bicyclic) bond motifs is 1. The number of rotatable bonds is 5. The number of carbonyl (C=O) groups excluding carboxylic acids is 1. The summed E-state index contributed by atoms with van der Waals surface area (Å²) < 4.78 is 0. The third-order valence-corrected chi connectivity index (χ3v) is 4.78. The summed E-state index contributed by atoms with van der Waals surface area (Å²) in [7, 11) is 0. The fourth-order valence-corrected chi connectivity index (χ4v) is 3.17. The zero-order valence-electron chi connectivity index (χ0n) is 13.5. The summed E-state index contributed by atoms with van der Waals surface area (Å²) in [5, 5.41) is 13.3. The van der Waals surface area contributed by atoms with E-state index < -0.39 is 5.60 Å². The standard InChI is InChI=1S/C17H22N4O2/c1-17(2,23)14(10-5-6-10)21-16(22)11-7-18-15-13(11)20-12(8-19-15)9-3-4-9/h7-10,14,23H,3-6H2,1-2H3,(H,18,19)(H,21,22). The summed E-state index contributed by atoms with van der Waals surface area (Å²) in [6, 6.07) is -0.237. The van der Waals surface area contributed by atoms with E-state index in [0.29, 0.717) is 28.6 Å². The van der Waals surface area contributed by atoms with Crippen LogP contribution in [-0.2, 0) is 0 Å². The van der Waals surface area contributed by atoms with Gasteiger partial charge in [0.05, 0.1) is 29.1 Å². The second-order valence-electron chi connectivity index (χ2n) is 7.41. The van der Waals surface area contributed by atoms with Gasteiger partial charge in [-0.05, 0) is 45.4 Å². The van der Waals surface area contributed by atoms with Crippen LogP contribution in [0.2, 0.25) is 0 Å². The molecular formula is C17H22N4O2. The van der Waals surface area contributed by atoms with E-state index in [1.807, 2.05) is 0 Å². The second-order valence-corrected chi connectivity index (χ2v) is 7.41. The van der Waals surface area contributed by atoms with Gasteiger partial charge in [0, 0.05) is 12.1 Å². The summed E-state index contributed by atoms with van der Waals surface area (Å²) >= 11 is 0. The Balaban J connectivity index is 1.62. The number of carbonyl (C=O) groups is 1. The highest BCUT2D eigenvalue weighted by atomic mass is 16.3. The molecule has 0 saturated heterocycles. The third kappa shape index (κ3) is 2.83. The molecule has 6 nitrogen and oxygen atoms in total. The first-order chi connectivity index (χ1) is 10.9. The molecule has 0 spiro atoms. The lowest BCUT2D eigenvalue weighted by molar-refractivity contribution is 0.0276. The van der Waals surface area contributed by atoms with Gasteiger partial charge in [0.1, 0.15) is 5.52 Å². The molecule has 1 amide bonds. The lowest BCUT2D eigenvalue weighted by Gasteiger charge is -2.30. The van der Waals surface area contributed by atoms with Crippen molar-refractivity contribution in [2.75, 3.05) is 0 Å². The van der Waals surface area contributed by atoms with Crippen molar-refractivity contribution < 1.29 is 9.90 Å². The van der Waals surface area contributed by atoms with E-state index in [-0.39, 0.29) is 11.9 Å². The minimum atomic E-state index is -0.937. The highest BCUT2D eigenvalue weighted by molar-refractivity contribution is 6.04. The Hall–Kier alpha value is -1.95. The van der Waals surface area contributed by atoms with Crippen LogP contribution in [0.1, 0.15) is 61.5 Å². The molecule has 122 valence electrons. The predicted octanol–water partition coefficient (Wildman–Crippen LogP) is 2.11. The van der Waals surface area contributed by atoms with Gasteiger partial charge in [-0.25, -0.2) is 9.97 Å². The van der Waals surface area contributed by atoms with Crippen LogP contribution >= 0.6 is 0 Å². The Kier molecular flexibility index (Phi) is 3.20. The fourth-order valence-electron chi connectivity index (χ4n) is 3.17. The molecule has 2 aromatic rings. The number of hydrogen-bond donors (Lipinski definition) is 3. The summed E-state index contributed by atoms with van der Waals surface area (Å²) in [6.07, 6.45) is 7.85. The monoisotopic (exact) mass is 314 g/mol. The molecule has 6 heteroatoms. The van der Waals surface area contributed by atoms with E-state index in [1.165, 1.54) is 0 Å². The third-order valence-electron chi connectivity index (χ3n) is 4.78. The molecule has 0 radical (unpaired) electrons. The molecule has 2 fully saturated rings. The smallest absolute Gasteiger partial charge is 0.255 e. The maximum Gasteiger partial charge on any atom is 0.255 e. The summed E-state index contributed by atoms with van der Waals surface area (Å²) in [5.74, 6) is 0.656. The summed E-state index contributed by atoms with van der Waals surface area (Å²) in [6.45, 7) is 3.49. The molecule has 3 N–H and O–H groups in total. The van der Waals surface area contributed by atoms with Gasteiger partial charge in [-0.2, -0.15) is 0 Å². The maximum atomic E-state index is 12.7. The lowest BCUT2D eigenvalue weighted by atomic mass is 9.94. The minimum absolute atomic E-state index is 0.197. The number of nitrogens with one attached hydrogen (secondary N) is 2. The molecule has 0 aromatic carbocycles. The summed E-state index contributed by atoms with van der Waals surface area (Å²) in [4.78, 5) is 24.7. The lowest BCUT2D eigenvalue weighted by Crippen LogP contribution is -2.50. The number of hydrogen-bond acceptors (Lipinski definition) is 4. The van der Waals surface area contributed by atoms with Crippen LogP contribution in [-0.4, -0.2) is 37.6 Å². The van der Waals surface area contributed by atoms with Gasteiger partial charge in [0.25, 0.3) is 5.91 Å². The van der Waals surface area contributed by atoms with Crippen LogP contribution in [0.5, 0.6) is 0 Å². The number of nitrogens with zero attached hydrogens (tertiary/aromatic N) is 2. The first-order valence-electron chi connectivity index (χ1n) is 8.31. The number of aliphatic hydroxyl groups is 1. The Labute approximate surface area is 134 Å². The van der Waals surface area contributed by atoms with Crippen molar-refractivity contribution in [3.63, 3.8) is 0 Å². The Bertz CT molecular complexity index is 754. The van der Waals surface area contributed by atoms with E-state index in [1.54, 1.807) is 26.2 Å². The molecule has 4 rings (SSSR count). The SMILES string of the molecule is CC(C)(O)C(NC(=O)c1c[nH]c2ncc(C3CC3)nc12)C1CC1. The van der Waals surface area contributed by atoms with Crippen molar-refractivity contribution in [3.05, 3.63) is 23.7 Å². The van der Waals surface area contributed by atoms with Crippen molar-refractivity contribution in [3.8, 4) is 0 Å². The molecule has 0 aliphatic heterocycles. The second kappa shape index (κ2) is 5.03. The van der Waals surface area contributed by atoms with Crippen molar-refractivity contribution in [2.24, 2.45) is 5.92 Å². The quantitative estimate of drug-likeness (QED) is 0.788. The molecule has 1 unspecified atom stereocenters. The normalized spacial score (nSPS) is 19.8. The van der Waals surface area contributed by atoms with Gasteiger partial charge in [-0.1, -0.05) is 0 Å². The average molecular weight is 314 g/mol. The van der Waals surface area contributed by atoms with Gasteiger partial charge in [-0.3, -0.25) is 4.79 Å². The fraction of sp³-hybridized carbons (Fsp3) is 0.588. The van der Waals surface area contributed by atoms with Gasteiger partial charge in [-0.15, -0.1) is 0 Å². The Morgan fingerprint density at radius 1 is 1.39 bits per heavy atom. The molecular weight excluding hydrogens is 292 g/mol. The molecule has 2 aliphatic carbocycles. The molecule has 1 atom stereocenters. The van der Waals surface area contributed by atoms with Crippen LogP contribution < -0.4 is 5.32 Å². The van der Waals surface area contributed by atoms with Crippen molar-refractivity contribution >= 4 is 17.1 Å². The highest BCUT2D eigenvalue weighted by Crippen LogP contribution is 2.39. The summed E-state index contributed by atoms with van der Waals surface area (Å²) in [5.41, 5.74) is 1.79. The molecule has 0 bridgehead atoms. The number of aromatic nitrogens is 3. The van der Waals surface area contributed by atoms with Crippen LogP contribution in [0.25, 0.3) is 11.2 Å². The van der Waals surface area contributed by atoms with Crippen LogP contribution in [0.15, 0.2) is 12.4 Å². The molecule has 2 heterocycles. The number of aromatic amines is 1. The topological polar surface area (TPSA) is 90.9 Å². The first-order valence-corrected chi connectivity index (χ1v) is 8.31. The molecule has 2 aromatic heterocycles. The number of amides is 1. The van der Waals surface area contributed by atoms with Crippen molar-refractivity contribution in [1.29, 1.82) is 0 Å². The average Bonchev–Trinajstić information content (AvgIpc) is 3.39. The van der Waals surface area contributed by atoms with Crippen LogP contribution in [0.3, 0.4) is 0 Å². The minimum Gasteiger partial charge on any atom is -0.388 e. The zero-order chi connectivity index (χ0) is 16.2. The van der Waals surface area contributed by atoms with E-state index in [9.17, 15) is 9.90 Å². The largest absolute Gasteiger partial charge is 0.388 e. The van der Waals surface area contributed by atoms with E-state index in [0.717, 1.165) is 31.4 Å². The van der Waals surface area contributed by atoms with Crippen molar-refractivity contribution in [1.82, 2.24) is 20.3 Å². The van der Waals surface area contributed by atoms with Gasteiger partial charge in [0.15, 0.2) is 5.65 Å². The Morgan fingerprint density at radius 2 is 2.13 bits per heavy atom. The van der Waals surface area contributed by atoms with Gasteiger partial charge >= 0.3 is 0 Å². The van der Waals surface area contributed by atoms with E-state index in [2.05, 4.69) is 20.3 Å². The molecule has 2 aliphatic rings. The maximum absolute atomic E-state index is 12.7. The van der Waals surface area contributed by atoms with Crippen LogP contribution in [0, 0.1) is 5.92 Å². The highest BCUT2D eigenvalue weighted by Gasteiger charge is 2.41. The zero-order valence-corrected chi connectivity index (χ0v) is 13.5. The first kappa shape index (κ1) is 14.6. The van der Waals surface area contributed by atoms with E-state index in [4.69, 9.17) is 0 Å². The number of H-pyrrole nitrogens is 1. The Morgan fingerprint density at radius 3 is 2.74 bits per heavy atom. The van der Waals surface area contributed by atoms with Gasteiger partial charge in [0.2, 0.25) is 0 Å². The van der Waals surface area contributed by atoms with E-state index >= 15 is 0 Å². The van der Waals surface area contributed by atoms with Gasteiger partial charge < -0.3 is 15.4 Å². The van der Waals surface area contributed by atoms with Crippen molar-refractivity contribution in [2.45, 2.75) is 57.1 Å². The van der Waals surface area contributed by atoms with Crippen LogP contribution in [0.4, 0.5) is 0 Å². The predicted molar refractivity (Wildman–Crippen MR) is 86.1 cm³/mol.